The van der Waals surface area contributed by atoms with Crippen molar-refractivity contribution in [3.63, 3.8) is 0 Å². The Balaban J connectivity index is 1.71. The first-order valence-electron chi connectivity index (χ1n) is 12.9. The van der Waals surface area contributed by atoms with E-state index in [0.717, 1.165) is 22.5 Å². The molecule has 1 saturated carbocycles. The lowest BCUT2D eigenvalue weighted by molar-refractivity contribution is -0.107. The minimum Gasteiger partial charge on any atom is -0.390 e. The highest BCUT2D eigenvalue weighted by molar-refractivity contribution is 7.21. The number of nitrogens with zero attached hydrogens (tertiary/aromatic N) is 4. The van der Waals surface area contributed by atoms with Gasteiger partial charge in [0.1, 0.15) is 22.4 Å². The van der Waals surface area contributed by atoms with Gasteiger partial charge in [-0.05, 0) is 57.9 Å². The van der Waals surface area contributed by atoms with Gasteiger partial charge in [0.05, 0.1) is 27.3 Å². The van der Waals surface area contributed by atoms with Crippen LogP contribution in [-0.4, -0.2) is 59.7 Å². The molecule has 0 saturated heterocycles. The first kappa shape index (κ1) is 26.7. The number of aryl methyl sites for hydroxylation is 2. The molecule has 3 aromatic rings. The molecule has 3 aromatic heterocycles. The van der Waals surface area contributed by atoms with Crippen LogP contribution in [0.25, 0.3) is 20.8 Å². The van der Waals surface area contributed by atoms with Crippen molar-refractivity contribution in [3.8, 4) is 10.6 Å². The van der Waals surface area contributed by atoms with E-state index < -0.39 is 23.9 Å². The lowest BCUT2D eigenvalue weighted by Gasteiger charge is -2.39. The van der Waals surface area contributed by atoms with Crippen molar-refractivity contribution < 1.29 is 15.3 Å². The van der Waals surface area contributed by atoms with Crippen LogP contribution in [-0.2, 0) is 0 Å². The maximum atomic E-state index is 11.1. The SMILES string of the molecule is CC[C@@H]([C@@H](O)[C@@H](O)Nc1nc(NCC2CC2)nc(C)c1-c1nc2c(C)nccc2s1)C(O)(CC)CC. The summed E-state index contributed by atoms with van der Waals surface area (Å²) in [6.45, 7) is 10.3. The fraction of sp³-hybridized carbons (Fsp3) is 0.615. The third-order valence-electron chi connectivity index (χ3n) is 7.41. The quantitative estimate of drug-likeness (QED) is 0.225. The van der Waals surface area contributed by atoms with E-state index in [0.29, 0.717) is 53.2 Å². The summed E-state index contributed by atoms with van der Waals surface area (Å²) in [7, 11) is 0. The van der Waals surface area contributed by atoms with Gasteiger partial charge in [0.25, 0.3) is 0 Å². The molecule has 0 amide bonds. The van der Waals surface area contributed by atoms with E-state index in [1.807, 2.05) is 40.7 Å². The van der Waals surface area contributed by atoms with Gasteiger partial charge in [0, 0.05) is 18.7 Å². The Morgan fingerprint density at radius 1 is 1.08 bits per heavy atom. The summed E-state index contributed by atoms with van der Waals surface area (Å²) < 4.78 is 1.00. The Labute approximate surface area is 216 Å². The second kappa shape index (κ2) is 10.9. The summed E-state index contributed by atoms with van der Waals surface area (Å²) in [5, 5.41) is 40.4. The number of anilines is 2. The summed E-state index contributed by atoms with van der Waals surface area (Å²) >= 11 is 1.51. The molecule has 9 nitrogen and oxygen atoms in total. The molecule has 1 aliphatic carbocycles. The van der Waals surface area contributed by atoms with E-state index in [-0.39, 0.29) is 0 Å². The van der Waals surface area contributed by atoms with Crippen molar-refractivity contribution in [1.82, 2.24) is 19.9 Å². The number of rotatable bonds is 12. The lowest BCUT2D eigenvalue weighted by atomic mass is 9.77. The number of hydrogen-bond acceptors (Lipinski definition) is 10. The van der Waals surface area contributed by atoms with E-state index in [1.165, 1.54) is 24.2 Å². The smallest absolute Gasteiger partial charge is 0.224 e. The first-order chi connectivity index (χ1) is 17.2. The van der Waals surface area contributed by atoms with Crippen LogP contribution in [0.2, 0.25) is 0 Å². The van der Waals surface area contributed by atoms with Gasteiger partial charge in [0.2, 0.25) is 5.95 Å². The van der Waals surface area contributed by atoms with E-state index in [9.17, 15) is 15.3 Å². The van der Waals surface area contributed by atoms with Crippen LogP contribution in [0.1, 0.15) is 64.3 Å². The van der Waals surface area contributed by atoms with Gasteiger partial charge in [-0.1, -0.05) is 20.8 Å². The molecule has 5 N–H and O–H groups in total. The number of aromatic nitrogens is 4. The molecule has 36 heavy (non-hydrogen) atoms. The van der Waals surface area contributed by atoms with Crippen molar-refractivity contribution in [2.75, 3.05) is 17.2 Å². The molecule has 0 unspecified atom stereocenters. The van der Waals surface area contributed by atoms with Crippen LogP contribution in [0.4, 0.5) is 11.8 Å². The van der Waals surface area contributed by atoms with Gasteiger partial charge < -0.3 is 26.0 Å². The zero-order valence-corrected chi connectivity index (χ0v) is 22.6. The van der Waals surface area contributed by atoms with Crippen LogP contribution in [0, 0.1) is 25.7 Å². The van der Waals surface area contributed by atoms with Crippen LogP contribution < -0.4 is 10.6 Å². The fourth-order valence-corrected chi connectivity index (χ4v) is 5.93. The molecular formula is C26H38N6O3S. The van der Waals surface area contributed by atoms with Crippen molar-refractivity contribution in [1.29, 1.82) is 0 Å². The zero-order chi connectivity index (χ0) is 26.0. The molecule has 4 rings (SSSR count). The molecule has 3 atom stereocenters. The molecule has 3 heterocycles. The second-order valence-electron chi connectivity index (χ2n) is 9.85. The Morgan fingerprint density at radius 3 is 2.42 bits per heavy atom. The highest BCUT2D eigenvalue weighted by Crippen LogP contribution is 2.38. The predicted molar refractivity (Wildman–Crippen MR) is 144 cm³/mol. The molecule has 0 bridgehead atoms. The van der Waals surface area contributed by atoms with Crippen molar-refractivity contribution >= 4 is 33.3 Å². The average molecular weight is 515 g/mol. The lowest BCUT2D eigenvalue weighted by Crippen LogP contribution is -2.50. The number of fused-ring (bicyclic) bond motifs is 1. The van der Waals surface area contributed by atoms with Gasteiger partial charge in [-0.25, -0.2) is 9.97 Å². The number of aliphatic hydroxyl groups excluding tert-OH is 2. The number of nitrogens with one attached hydrogen (secondary N) is 2. The molecule has 1 aliphatic rings. The van der Waals surface area contributed by atoms with Gasteiger partial charge >= 0.3 is 0 Å². The van der Waals surface area contributed by atoms with E-state index >= 15 is 0 Å². The maximum Gasteiger partial charge on any atom is 0.224 e. The van der Waals surface area contributed by atoms with Crippen LogP contribution in [0.3, 0.4) is 0 Å². The molecule has 196 valence electrons. The third-order valence-corrected chi connectivity index (χ3v) is 8.45. The Hall–Kier alpha value is -2.40. The highest BCUT2D eigenvalue weighted by atomic mass is 32.1. The molecule has 0 radical (unpaired) electrons. The predicted octanol–water partition coefficient (Wildman–Crippen LogP) is 4.26. The number of aliphatic hydroxyl groups is 3. The summed E-state index contributed by atoms with van der Waals surface area (Å²) in [4.78, 5) is 18.5. The largest absolute Gasteiger partial charge is 0.390 e. The molecule has 1 fully saturated rings. The second-order valence-corrected chi connectivity index (χ2v) is 10.9. The van der Waals surface area contributed by atoms with E-state index in [1.54, 1.807) is 6.20 Å². The zero-order valence-electron chi connectivity index (χ0n) is 21.7. The standard InChI is InChI=1S/C26H38N6O3S/c1-6-17(26(35,7-2)8-3)21(33)23(34)31-22-19(14(4)29-25(32-22)28-13-16-9-10-16)24-30-20-15(5)27-12-11-18(20)36-24/h11-12,16-17,21,23,33-35H,6-10,13H2,1-5H3,(H2,28,29,31,32)/t17-,21+,23+/m0/s1. The molecule has 10 heteroatoms. The monoisotopic (exact) mass is 514 g/mol. The Morgan fingerprint density at radius 2 is 1.81 bits per heavy atom. The van der Waals surface area contributed by atoms with Crippen molar-refractivity contribution in [3.05, 3.63) is 23.7 Å². The first-order valence-corrected chi connectivity index (χ1v) is 13.7. The van der Waals surface area contributed by atoms with Crippen molar-refractivity contribution in [2.45, 2.75) is 84.7 Å². The number of hydrogen-bond donors (Lipinski definition) is 5. The van der Waals surface area contributed by atoms with Gasteiger partial charge in [-0.15, -0.1) is 11.3 Å². The number of thiazole rings is 1. The van der Waals surface area contributed by atoms with Gasteiger partial charge in [-0.2, -0.15) is 4.98 Å². The summed E-state index contributed by atoms with van der Waals surface area (Å²) in [5.74, 6) is 0.994. The molecule has 0 spiro atoms. The maximum absolute atomic E-state index is 11.1. The third kappa shape index (κ3) is 5.46. The fourth-order valence-electron chi connectivity index (χ4n) is 4.82. The van der Waals surface area contributed by atoms with Gasteiger partial charge in [-0.3, -0.25) is 4.98 Å². The molecular weight excluding hydrogens is 476 g/mol. The average Bonchev–Trinajstić information content (AvgIpc) is 3.59. The summed E-state index contributed by atoms with van der Waals surface area (Å²) in [5.41, 5.74) is 1.97. The number of pyridine rings is 1. The van der Waals surface area contributed by atoms with Crippen LogP contribution >= 0.6 is 11.3 Å². The summed E-state index contributed by atoms with van der Waals surface area (Å²) in [6, 6.07) is 1.93. The normalized spacial score (nSPS) is 16.7. The van der Waals surface area contributed by atoms with E-state index in [4.69, 9.17) is 9.97 Å². The minimum atomic E-state index is -1.35. The summed E-state index contributed by atoms with van der Waals surface area (Å²) in [6.07, 6.45) is 3.11. The molecule has 0 aliphatic heterocycles. The van der Waals surface area contributed by atoms with E-state index in [2.05, 4.69) is 20.6 Å². The Bertz CT molecular complexity index is 1190. The van der Waals surface area contributed by atoms with Crippen LogP contribution in [0.15, 0.2) is 12.3 Å². The van der Waals surface area contributed by atoms with Crippen molar-refractivity contribution in [2.24, 2.45) is 11.8 Å². The minimum absolute atomic E-state index is 0.392. The molecule has 0 aromatic carbocycles. The Kier molecular flexibility index (Phi) is 8.09. The van der Waals surface area contributed by atoms with Crippen LogP contribution in [0.5, 0.6) is 0 Å². The topological polar surface area (TPSA) is 136 Å². The van der Waals surface area contributed by atoms with Gasteiger partial charge in [0.15, 0.2) is 6.23 Å². The highest BCUT2D eigenvalue weighted by Gasteiger charge is 2.40.